The van der Waals surface area contributed by atoms with Crippen molar-refractivity contribution in [3.8, 4) is 0 Å². The van der Waals surface area contributed by atoms with Gasteiger partial charge in [-0.2, -0.15) is 11.8 Å². The van der Waals surface area contributed by atoms with E-state index in [0.717, 1.165) is 22.6 Å². The van der Waals surface area contributed by atoms with Crippen LogP contribution in [0.25, 0.3) is 0 Å². The van der Waals surface area contributed by atoms with Gasteiger partial charge in [0, 0.05) is 18.1 Å². The highest BCUT2D eigenvalue weighted by molar-refractivity contribution is 7.98. The number of amides is 1. The molecule has 33 heavy (non-hydrogen) atoms. The fraction of sp³-hybridized carbons (Fsp3) is 0.269. The summed E-state index contributed by atoms with van der Waals surface area (Å²) >= 11 is 1.73. The number of carbonyl (C=O) groups excluding carboxylic acids is 1. The van der Waals surface area contributed by atoms with Gasteiger partial charge in [0.15, 0.2) is 0 Å². The lowest BCUT2D eigenvalue weighted by Gasteiger charge is -2.24. The summed E-state index contributed by atoms with van der Waals surface area (Å²) in [4.78, 5) is 12.9. The number of aryl methyl sites for hydroxylation is 3. The van der Waals surface area contributed by atoms with Crippen LogP contribution in [-0.2, 0) is 20.6 Å². The highest BCUT2D eigenvalue weighted by atomic mass is 32.2. The molecule has 0 aliphatic heterocycles. The van der Waals surface area contributed by atoms with Gasteiger partial charge >= 0.3 is 0 Å². The summed E-state index contributed by atoms with van der Waals surface area (Å²) in [6, 6.07) is 22.0. The van der Waals surface area contributed by atoms with Gasteiger partial charge in [0.25, 0.3) is 10.0 Å². The largest absolute Gasteiger partial charge is 0.354 e. The third-order valence-corrected chi connectivity index (χ3v) is 8.17. The van der Waals surface area contributed by atoms with E-state index in [2.05, 4.69) is 36.5 Å². The highest BCUT2D eigenvalue weighted by Gasteiger charge is 2.27. The van der Waals surface area contributed by atoms with Gasteiger partial charge in [0.1, 0.15) is 6.54 Å². The Kier molecular flexibility index (Phi) is 8.58. The second kappa shape index (κ2) is 11.4. The molecular formula is C26H30N2O3S2. The van der Waals surface area contributed by atoms with Crippen molar-refractivity contribution < 1.29 is 13.2 Å². The van der Waals surface area contributed by atoms with E-state index in [1.54, 1.807) is 54.2 Å². The van der Waals surface area contributed by atoms with E-state index in [4.69, 9.17) is 0 Å². The summed E-state index contributed by atoms with van der Waals surface area (Å²) in [6.07, 6.45) is 0. The van der Waals surface area contributed by atoms with Crippen LogP contribution in [0.15, 0.2) is 77.7 Å². The number of sulfonamides is 1. The zero-order valence-corrected chi connectivity index (χ0v) is 20.9. The molecule has 0 spiro atoms. The van der Waals surface area contributed by atoms with E-state index in [1.807, 2.05) is 19.9 Å². The van der Waals surface area contributed by atoms with Gasteiger partial charge in [0.05, 0.1) is 10.6 Å². The van der Waals surface area contributed by atoms with Crippen molar-refractivity contribution in [1.82, 2.24) is 5.32 Å². The number of hydrogen-bond acceptors (Lipinski definition) is 4. The zero-order chi connectivity index (χ0) is 23.8. The molecular weight excluding hydrogens is 452 g/mol. The molecule has 0 unspecified atom stereocenters. The van der Waals surface area contributed by atoms with Crippen molar-refractivity contribution in [2.24, 2.45) is 0 Å². The Morgan fingerprint density at radius 2 is 1.61 bits per heavy atom. The first kappa shape index (κ1) is 24.9. The third kappa shape index (κ3) is 6.85. The quantitative estimate of drug-likeness (QED) is 0.419. The maximum absolute atomic E-state index is 13.4. The molecule has 0 aliphatic rings. The normalized spacial score (nSPS) is 11.2. The minimum absolute atomic E-state index is 0.157. The van der Waals surface area contributed by atoms with E-state index in [-0.39, 0.29) is 17.3 Å². The first-order valence-electron chi connectivity index (χ1n) is 10.8. The number of hydrogen-bond donors (Lipinski definition) is 1. The smallest absolute Gasteiger partial charge is 0.264 e. The van der Waals surface area contributed by atoms with E-state index in [9.17, 15) is 13.2 Å². The lowest BCUT2D eigenvalue weighted by molar-refractivity contribution is -0.119. The third-order valence-electron chi connectivity index (χ3n) is 5.35. The molecule has 0 saturated heterocycles. The van der Waals surface area contributed by atoms with Crippen LogP contribution in [0.4, 0.5) is 5.69 Å². The molecule has 0 heterocycles. The Bertz CT molecular complexity index is 1180. The predicted molar refractivity (Wildman–Crippen MR) is 137 cm³/mol. The van der Waals surface area contributed by atoms with Crippen LogP contribution >= 0.6 is 11.8 Å². The average Bonchev–Trinajstić information content (AvgIpc) is 2.81. The molecule has 1 N–H and O–H groups in total. The summed E-state index contributed by atoms with van der Waals surface area (Å²) in [7, 11) is -3.89. The van der Waals surface area contributed by atoms with Crippen molar-refractivity contribution in [2.45, 2.75) is 31.4 Å². The summed E-state index contributed by atoms with van der Waals surface area (Å²) in [5.74, 6) is 1.28. The number of carbonyl (C=O) groups is 1. The van der Waals surface area contributed by atoms with Crippen molar-refractivity contribution in [2.75, 3.05) is 23.1 Å². The molecule has 3 aromatic rings. The van der Waals surface area contributed by atoms with Crippen molar-refractivity contribution >= 4 is 33.4 Å². The number of rotatable bonds is 10. The lowest BCUT2D eigenvalue weighted by Crippen LogP contribution is -2.41. The van der Waals surface area contributed by atoms with E-state index < -0.39 is 10.0 Å². The Hall–Kier alpha value is -2.77. The predicted octanol–water partition coefficient (Wildman–Crippen LogP) is 4.86. The summed E-state index contributed by atoms with van der Waals surface area (Å²) in [5, 5.41) is 2.86. The van der Waals surface area contributed by atoms with Crippen LogP contribution < -0.4 is 9.62 Å². The number of thioether (sulfide) groups is 1. The highest BCUT2D eigenvalue weighted by Crippen LogP contribution is 2.25. The van der Waals surface area contributed by atoms with Gasteiger partial charge in [-0.05, 0) is 61.7 Å². The van der Waals surface area contributed by atoms with Gasteiger partial charge in [-0.15, -0.1) is 0 Å². The first-order chi connectivity index (χ1) is 15.8. The first-order valence-corrected chi connectivity index (χ1v) is 13.4. The lowest BCUT2D eigenvalue weighted by atomic mass is 10.1. The molecule has 0 aromatic heterocycles. The molecule has 0 saturated carbocycles. The van der Waals surface area contributed by atoms with E-state index in [1.165, 1.54) is 15.4 Å². The SMILES string of the molecule is Cc1ccc(CSCCNC(=O)CN(c2ccc(C)c(C)c2)S(=O)(=O)c2ccccc2)cc1. The van der Waals surface area contributed by atoms with Crippen LogP contribution in [0, 0.1) is 20.8 Å². The number of nitrogens with zero attached hydrogens (tertiary/aromatic N) is 1. The fourth-order valence-electron chi connectivity index (χ4n) is 3.24. The van der Waals surface area contributed by atoms with Crippen LogP contribution in [0.5, 0.6) is 0 Å². The van der Waals surface area contributed by atoms with Gasteiger partial charge in [0.2, 0.25) is 5.91 Å². The summed E-state index contributed by atoms with van der Waals surface area (Å²) in [5.41, 5.74) is 4.98. The molecule has 0 bridgehead atoms. The molecule has 0 aliphatic carbocycles. The number of nitrogens with one attached hydrogen (secondary N) is 1. The monoisotopic (exact) mass is 482 g/mol. The maximum atomic E-state index is 13.4. The zero-order valence-electron chi connectivity index (χ0n) is 19.2. The molecule has 0 atom stereocenters. The molecule has 1 amide bonds. The van der Waals surface area contributed by atoms with Crippen LogP contribution in [0.3, 0.4) is 0 Å². The Morgan fingerprint density at radius 3 is 2.27 bits per heavy atom. The topological polar surface area (TPSA) is 66.5 Å². The fourth-order valence-corrected chi connectivity index (χ4v) is 5.49. The average molecular weight is 483 g/mol. The molecule has 0 radical (unpaired) electrons. The summed E-state index contributed by atoms with van der Waals surface area (Å²) < 4.78 is 27.9. The van der Waals surface area contributed by atoms with Gasteiger partial charge in [-0.1, -0.05) is 54.1 Å². The Morgan fingerprint density at radius 1 is 0.909 bits per heavy atom. The van der Waals surface area contributed by atoms with Crippen LogP contribution in [0.1, 0.15) is 22.3 Å². The van der Waals surface area contributed by atoms with Gasteiger partial charge in [-0.25, -0.2) is 8.42 Å². The Labute approximate surface area is 201 Å². The van der Waals surface area contributed by atoms with Crippen LogP contribution in [0.2, 0.25) is 0 Å². The van der Waals surface area contributed by atoms with Gasteiger partial charge in [-0.3, -0.25) is 9.10 Å². The molecule has 7 heteroatoms. The number of benzene rings is 3. The molecule has 5 nitrogen and oxygen atoms in total. The molecule has 174 valence electrons. The standard InChI is InChI=1S/C26H30N2O3S2/c1-20-9-12-23(13-10-20)19-32-16-15-27-26(29)18-28(24-14-11-21(2)22(3)17-24)33(30,31)25-7-5-4-6-8-25/h4-14,17H,15-16,18-19H2,1-3H3,(H,27,29). The number of anilines is 1. The molecule has 3 rings (SSSR count). The van der Waals surface area contributed by atoms with E-state index >= 15 is 0 Å². The van der Waals surface area contributed by atoms with Crippen molar-refractivity contribution in [3.63, 3.8) is 0 Å². The van der Waals surface area contributed by atoms with Crippen molar-refractivity contribution in [3.05, 3.63) is 95.1 Å². The summed E-state index contributed by atoms with van der Waals surface area (Å²) in [6.45, 7) is 6.16. The molecule has 3 aromatic carbocycles. The second-order valence-electron chi connectivity index (χ2n) is 7.98. The van der Waals surface area contributed by atoms with Gasteiger partial charge < -0.3 is 5.32 Å². The van der Waals surface area contributed by atoms with Crippen LogP contribution in [-0.4, -0.2) is 33.2 Å². The molecule has 0 fully saturated rings. The second-order valence-corrected chi connectivity index (χ2v) is 10.9. The minimum atomic E-state index is -3.89. The minimum Gasteiger partial charge on any atom is -0.354 e. The Balaban J connectivity index is 1.65. The maximum Gasteiger partial charge on any atom is 0.264 e. The van der Waals surface area contributed by atoms with Crippen molar-refractivity contribution in [1.29, 1.82) is 0 Å². The van der Waals surface area contributed by atoms with E-state index in [0.29, 0.717) is 12.2 Å².